The first kappa shape index (κ1) is 22.4. The van der Waals surface area contributed by atoms with E-state index >= 15 is 0 Å². The molecule has 0 aliphatic carbocycles. The van der Waals surface area contributed by atoms with Crippen LogP contribution < -0.4 is 4.74 Å². The fourth-order valence-corrected chi connectivity index (χ4v) is 5.08. The molecule has 160 valence electrons. The van der Waals surface area contributed by atoms with Crippen molar-refractivity contribution in [2.45, 2.75) is 37.7 Å². The molecule has 3 rings (SSSR count). The molecule has 1 heterocycles. The summed E-state index contributed by atoms with van der Waals surface area (Å²) >= 11 is 1.72. The molecule has 5 heteroatoms. The number of nitrogens with zero attached hydrogens (tertiary/aromatic N) is 1. The highest BCUT2D eigenvalue weighted by molar-refractivity contribution is 7.99. The van der Waals surface area contributed by atoms with Crippen molar-refractivity contribution < 1.29 is 14.3 Å². The molecule has 1 atom stereocenters. The van der Waals surface area contributed by atoms with Gasteiger partial charge in [0.25, 0.3) is 0 Å². The fraction of sp³-hybridized carbons (Fsp3) is 0.440. The van der Waals surface area contributed by atoms with Crippen molar-refractivity contribution in [2.75, 3.05) is 20.2 Å². The number of thioether (sulfide) groups is 1. The molecule has 0 N–H and O–H groups in total. The second-order valence-corrected chi connectivity index (χ2v) is 9.28. The summed E-state index contributed by atoms with van der Waals surface area (Å²) in [5.41, 5.74) is 1.96. The number of benzene rings is 2. The lowest BCUT2D eigenvalue weighted by atomic mass is 9.88. The zero-order valence-electron chi connectivity index (χ0n) is 18.0. The Hall–Kier alpha value is -2.27. The van der Waals surface area contributed by atoms with Gasteiger partial charge in [0.15, 0.2) is 5.78 Å². The van der Waals surface area contributed by atoms with Gasteiger partial charge in [-0.2, -0.15) is 0 Å². The van der Waals surface area contributed by atoms with E-state index < -0.39 is 0 Å². The average Bonchev–Trinajstić information content (AvgIpc) is 2.79. The van der Waals surface area contributed by atoms with Crippen LogP contribution in [0.15, 0.2) is 54.6 Å². The van der Waals surface area contributed by atoms with Gasteiger partial charge in [-0.15, -0.1) is 11.8 Å². The van der Waals surface area contributed by atoms with Crippen LogP contribution in [0.3, 0.4) is 0 Å². The largest absolute Gasteiger partial charge is 0.497 e. The molecule has 4 nitrogen and oxygen atoms in total. The Kier molecular flexibility index (Phi) is 7.97. The summed E-state index contributed by atoms with van der Waals surface area (Å²) in [4.78, 5) is 28.0. The third-order valence-electron chi connectivity index (χ3n) is 5.67. The number of carbonyl (C=O) groups is 2. The number of ether oxygens (including phenoxy) is 1. The highest BCUT2D eigenvalue weighted by atomic mass is 32.2. The van der Waals surface area contributed by atoms with Gasteiger partial charge in [-0.3, -0.25) is 9.59 Å². The second-order valence-electron chi connectivity index (χ2n) is 8.15. The van der Waals surface area contributed by atoms with E-state index in [0.717, 1.165) is 29.9 Å². The Morgan fingerprint density at radius 2 is 1.67 bits per heavy atom. The highest BCUT2D eigenvalue weighted by Crippen LogP contribution is 2.29. The average molecular weight is 426 g/mol. The minimum Gasteiger partial charge on any atom is -0.497 e. The van der Waals surface area contributed by atoms with E-state index in [-0.39, 0.29) is 28.8 Å². The number of hydrogen-bond acceptors (Lipinski definition) is 4. The number of rotatable bonds is 8. The predicted octanol–water partition coefficient (Wildman–Crippen LogP) is 5.07. The molecule has 2 aromatic rings. The molecule has 0 saturated carbocycles. The van der Waals surface area contributed by atoms with Gasteiger partial charge in [-0.05, 0) is 48.6 Å². The molecule has 1 aliphatic rings. The molecule has 1 unspecified atom stereocenters. The zero-order chi connectivity index (χ0) is 21.5. The van der Waals surface area contributed by atoms with Crippen molar-refractivity contribution in [3.63, 3.8) is 0 Å². The number of methoxy groups -OCH3 is 1. The Morgan fingerprint density at radius 1 is 1.03 bits per heavy atom. The maximum absolute atomic E-state index is 13.2. The Labute approximate surface area is 184 Å². The number of ketones is 1. The normalized spacial score (nSPS) is 15.8. The summed E-state index contributed by atoms with van der Waals surface area (Å²) in [6.07, 6.45) is 1.45. The first-order chi connectivity index (χ1) is 14.5. The van der Waals surface area contributed by atoms with Crippen LogP contribution in [-0.4, -0.2) is 42.0 Å². The minimum atomic E-state index is -0.0564. The van der Waals surface area contributed by atoms with Gasteiger partial charge in [-0.25, -0.2) is 0 Å². The van der Waals surface area contributed by atoms with E-state index in [1.165, 1.54) is 5.56 Å². The summed E-state index contributed by atoms with van der Waals surface area (Å²) < 4.78 is 5.17. The molecule has 2 aromatic carbocycles. The molecule has 30 heavy (non-hydrogen) atoms. The summed E-state index contributed by atoms with van der Waals surface area (Å²) in [5, 5.41) is -0.0564. The lowest BCUT2D eigenvalue weighted by Crippen LogP contribution is -2.45. The van der Waals surface area contributed by atoms with Crippen LogP contribution in [-0.2, 0) is 10.5 Å². The van der Waals surface area contributed by atoms with Gasteiger partial charge in [-0.1, -0.05) is 44.2 Å². The molecule has 1 aliphatic heterocycles. The number of carbonyl (C=O) groups excluding carboxylic acids is 2. The molecule has 0 bridgehead atoms. The Bertz CT molecular complexity index is 827. The van der Waals surface area contributed by atoms with Gasteiger partial charge in [0, 0.05) is 30.3 Å². The van der Waals surface area contributed by atoms with Crippen LogP contribution in [0.25, 0.3) is 0 Å². The van der Waals surface area contributed by atoms with E-state index in [1.807, 2.05) is 47.4 Å². The van der Waals surface area contributed by atoms with Crippen molar-refractivity contribution in [2.24, 2.45) is 11.8 Å². The molecule has 1 fully saturated rings. The van der Waals surface area contributed by atoms with Crippen LogP contribution in [0, 0.1) is 11.8 Å². The number of piperidine rings is 1. The van der Waals surface area contributed by atoms with Crippen molar-refractivity contribution >= 4 is 23.5 Å². The number of Topliss-reactive ketones (excluding diaryl/α,β-unsaturated/α-hetero) is 1. The molecule has 1 saturated heterocycles. The fourth-order valence-electron chi connectivity index (χ4n) is 3.84. The van der Waals surface area contributed by atoms with E-state index in [1.54, 1.807) is 18.9 Å². The lowest BCUT2D eigenvalue weighted by molar-refractivity contribution is -0.132. The summed E-state index contributed by atoms with van der Waals surface area (Å²) in [6, 6.07) is 17.6. The Balaban J connectivity index is 1.55. The van der Waals surface area contributed by atoms with E-state index in [0.29, 0.717) is 13.1 Å². The maximum Gasteiger partial charge on any atom is 0.235 e. The molecular formula is C25H31NO3S. The van der Waals surface area contributed by atoms with Crippen molar-refractivity contribution in [3.05, 3.63) is 65.7 Å². The van der Waals surface area contributed by atoms with Crippen LogP contribution >= 0.6 is 11.8 Å². The van der Waals surface area contributed by atoms with Crippen LogP contribution in [0.4, 0.5) is 0 Å². The second kappa shape index (κ2) is 10.7. The van der Waals surface area contributed by atoms with Crippen LogP contribution in [0.1, 0.15) is 42.6 Å². The maximum atomic E-state index is 13.2. The topological polar surface area (TPSA) is 46.6 Å². The van der Waals surface area contributed by atoms with Gasteiger partial charge in [0.2, 0.25) is 5.91 Å². The predicted molar refractivity (Wildman–Crippen MR) is 123 cm³/mol. The van der Waals surface area contributed by atoms with Gasteiger partial charge in [0.1, 0.15) is 5.75 Å². The monoisotopic (exact) mass is 425 g/mol. The smallest absolute Gasteiger partial charge is 0.235 e. The summed E-state index contributed by atoms with van der Waals surface area (Å²) in [6.45, 7) is 5.53. The first-order valence-corrected chi connectivity index (χ1v) is 11.7. The third kappa shape index (κ3) is 5.66. The molecular weight excluding hydrogens is 394 g/mol. The molecule has 0 spiro atoms. The third-order valence-corrected chi connectivity index (χ3v) is 7.28. The molecule has 0 aromatic heterocycles. The number of amides is 1. The van der Waals surface area contributed by atoms with Crippen molar-refractivity contribution in [3.8, 4) is 5.75 Å². The molecule has 0 radical (unpaired) electrons. The number of hydrogen-bond donors (Lipinski definition) is 0. The summed E-state index contributed by atoms with van der Waals surface area (Å²) in [5.74, 6) is 2.22. The quantitative estimate of drug-likeness (QED) is 0.554. The van der Waals surface area contributed by atoms with Crippen molar-refractivity contribution in [1.29, 1.82) is 0 Å². The minimum absolute atomic E-state index is 0.0167. The zero-order valence-corrected chi connectivity index (χ0v) is 18.9. The van der Waals surface area contributed by atoms with Crippen LogP contribution in [0.2, 0.25) is 0 Å². The SMILES string of the molecule is COc1ccc(C(=O)C2CCN(C(=O)C(SCc3ccccc3)C(C)C)CC2)cc1. The van der Waals surface area contributed by atoms with Gasteiger partial charge in [0.05, 0.1) is 12.4 Å². The highest BCUT2D eigenvalue weighted by Gasteiger charge is 2.32. The van der Waals surface area contributed by atoms with E-state index in [4.69, 9.17) is 4.74 Å². The molecule has 1 amide bonds. The summed E-state index contributed by atoms with van der Waals surface area (Å²) in [7, 11) is 1.62. The number of likely N-dealkylation sites (tertiary alicyclic amines) is 1. The van der Waals surface area contributed by atoms with Crippen LogP contribution in [0.5, 0.6) is 5.75 Å². The first-order valence-electron chi connectivity index (χ1n) is 10.6. The van der Waals surface area contributed by atoms with Gasteiger partial charge >= 0.3 is 0 Å². The van der Waals surface area contributed by atoms with Crippen molar-refractivity contribution in [1.82, 2.24) is 4.90 Å². The van der Waals surface area contributed by atoms with E-state index in [2.05, 4.69) is 26.0 Å². The van der Waals surface area contributed by atoms with E-state index in [9.17, 15) is 9.59 Å². The Morgan fingerprint density at radius 3 is 2.23 bits per heavy atom. The van der Waals surface area contributed by atoms with Gasteiger partial charge < -0.3 is 9.64 Å². The standard InChI is InChI=1S/C25H31NO3S/c1-18(2)24(30-17-19-7-5-4-6-8-19)25(28)26-15-13-21(14-16-26)23(27)20-9-11-22(29-3)12-10-20/h4-12,18,21,24H,13-17H2,1-3H3. The lowest BCUT2D eigenvalue weighted by Gasteiger charge is -2.34.